The summed E-state index contributed by atoms with van der Waals surface area (Å²) in [5, 5.41) is 9.07. The lowest BCUT2D eigenvalue weighted by molar-refractivity contribution is -0.194. The van der Waals surface area contributed by atoms with Crippen molar-refractivity contribution in [3.05, 3.63) is 35.4 Å². The second kappa shape index (κ2) is 2.88. The fraction of sp³-hybridized carbons (Fsp3) is 0.500. The molecule has 0 radical (unpaired) electrons. The van der Waals surface area contributed by atoms with Crippen molar-refractivity contribution in [2.45, 2.75) is 38.0 Å². The highest BCUT2D eigenvalue weighted by Gasteiger charge is 2.72. The largest absolute Gasteiger partial charge is 0.481 e. The maximum absolute atomic E-state index is 11.0. The van der Waals surface area contributed by atoms with E-state index in [2.05, 4.69) is 31.2 Å². The Morgan fingerprint density at radius 3 is 2.25 bits per heavy atom. The van der Waals surface area contributed by atoms with Crippen molar-refractivity contribution >= 4 is 5.97 Å². The summed E-state index contributed by atoms with van der Waals surface area (Å²) in [5.74, 6) is -0.598. The molecule has 0 unspecified atom stereocenters. The normalized spacial score (nSPS) is 35.1. The lowest BCUT2D eigenvalue weighted by Crippen LogP contribution is -2.67. The highest BCUT2D eigenvalue weighted by molar-refractivity contribution is 5.80. The first kappa shape index (κ1) is 9.88. The van der Waals surface area contributed by atoms with Gasteiger partial charge in [-0.05, 0) is 42.2 Å². The predicted molar refractivity (Wildman–Crippen MR) is 61.4 cm³/mol. The van der Waals surface area contributed by atoms with E-state index in [1.807, 2.05) is 0 Å². The van der Waals surface area contributed by atoms with Crippen molar-refractivity contribution in [3.8, 4) is 0 Å². The van der Waals surface area contributed by atoms with Crippen molar-refractivity contribution < 1.29 is 9.90 Å². The second-order valence-corrected chi connectivity index (χ2v) is 5.45. The summed E-state index contributed by atoms with van der Waals surface area (Å²) in [7, 11) is 0. The van der Waals surface area contributed by atoms with Crippen molar-refractivity contribution in [2.24, 2.45) is 5.41 Å². The molecule has 2 nitrogen and oxygen atoms in total. The number of carboxylic acids is 1. The molecule has 0 spiro atoms. The van der Waals surface area contributed by atoms with Crippen LogP contribution in [-0.4, -0.2) is 11.1 Å². The zero-order valence-corrected chi connectivity index (χ0v) is 9.49. The molecule has 0 saturated heterocycles. The van der Waals surface area contributed by atoms with Gasteiger partial charge in [0.2, 0.25) is 0 Å². The van der Waals surface area contributed by atoms with Gasteiger partial charge in [0.05, 0.1) is 5.41 Å². The number of rotatable bonds is 3. The van der Waals surface area contributed by atoms with Gasteiger partial charge < -0.3 is 5.11 Å². The molecule has 0 aliphatic heterocycles. The van der Waals surface area contributed by atoms with Crippen LogP contribution in [0.4, 0.5) is 0 Å². The number of benzene rings is 1. The van der Waals surface area contributed by atoms with E-state index in [0.29, 0.717) is 0 Å². The molecule has 16 heavy (non-hydrogen) atoms. The average molecular weight is 216 g/mol. The molecule has 0 atom stereocenters. The van der Waals surface area contributed by atoms with Crippen LogP contribution in [-0.2, 0) is 16.6 Å². The van der Waals surface area contributed by atoms with Gasteiger partial charge in [0.15, 0.2) is 0 Å². The zero-order chi connectivity index (χ0) is 11.4. The molecular weight excluding hydrogens is 200 g/mol. The molecule has 0 heterocycles. The molecule has 0 amide bonds. The van der Waals surface area contributed by atoms with Crippen LogP contribution in [0.2, 0.25) is 0 Å². The molecule has 84 valence electrons. The highest BCUT2D eigenvalue weighted by Crippen LogP contribution is 2.73. The SMILES string of the molecule is CCc1ccc(C23CC(C(=O)O)(C2)C3)cc1. The topological polar surface area (TPSA) is 37.3 Å². The molecule has 1 N–H and O–H groups in total. The average Bonchev–Trinajstić information content (AvgIpc) is 2.14. The van der Waals surface area contributed by atoms with Crippen LogP contribution in [0.25, 0.3) is 0 Å². The van der Waals surface area contributed by atoms with Gasteiger partial charge in [0.25, 0.3) is 0 Å². The first-order chi connectivity index (χ1) is 7.60. The zero-order valence-electron chi connectivity index (χ0n) is 9.49. The van der Waals surface area contributed by atoms with Gasteiger partial charge in [0.1, 0.15) is 0 Å². The summed E-state index contributed by atoms with van der Waals surface area (Å²) >= 11 is 0. The maximum Gasteiger partial charge on any atom is 0.309 e. The van der Waals surface area contributed by atoms with Crippen LogP contribution in [0, 0.1) is 5.41 Å². The Hall–Kier alpha value is -1.31. The van der Waals surface area contributed by atoms with Crippen molar-refractivity contribution in [1.82, 2.24) is 0 Å². The number of hydrogen-bond donors (Lipinski definition) is 1. The first-order valence-corrected chi connectivity index (χ1v) is 5.93. The standard InChI is InChI=1S/C14H16O2/c1-2-10-3-5-11(6-4-10)13-7-14(8-13,9-13)12(15)16/h3-6H,2,7-9H2,1H3,(H,15,16). The Morgan fingerprint density at radius 2 is 1.81 bits per heavy atom. The second-order valence-electron chi connectivity index (χ2n) is 5.45. The van der Waals surface area contributed by atoms with Crippen LogP contribution >= 0.6 is 0 Å². The minimum absolute atomic E-state index is 0.213. The molecule has 0 aromatic heterocycles. The summed E-state index contributed by atoms with van der Waals surface area (Å²) in [6.45, 7) is 2.15. The van der Waals surface area contributed by atoms with Gasteiger partial charge in [-0.2, -0.15) is 0 Å². The van der Waals surface area contributed by atoms with Gasteiger partial charge >= 0.3 is 5.97 Å². The van der Waals surface area contributed by atoms with Gasteiger partial charge in [0, 0.05) is 0 Å². The number of carboxylic acid groups (broad SMARTS) is 1. The fourth-order valence-electron chi connectivity index (χ4n) is 3.41. The van der Waals surface area contributed by atoms with Crippen LogP contribution in [0.1, 0.15) is 37.3 Å². The van der Waals surface area contributed by atoms with E-state index >= 15 is 0 Å². The lowest BCUT2D eigenvalue weighted by atomic mass is 9.33. The van der Waals surface area contributed by atoms with Gasteiger partial charge in [-0.1, -0.05) is 31.2 Å². The lowest BCUT2D eigenvalue weighted by Gasteiger charge is -2.68. The van der Waals surface area contributed by atoms with E-state index in [0.717, 1.165) is 25.7 Å². The molecule has 2 bridgehead atoms. The summed E-state index contributed by atoms with van der Waals surface area (Å²) in [6.07, 6.45) is 3.61. The number of aliphatic carboxylic acids is 1. The Labute approximate surface area is 95.3 Å². The Balaban J connectivity index is 1.79. The quantitative estimate of drug-likeness (QED) is 0.843. The van der Waals surface area contributed by atoms with Crippen LogP contribution in [0.5, 0.6) is 0 Å². The van der Waals surface area contributed by atoms with Gasteiger partial charge in [-0.3, -0.25) is 4.79 Å². The van der Waals surface area contributed by atoms with Crippen LogP contribution in [0.15, 0.2) is 24.3 Å². The molecule has 1 aromatic carbocycles. The Morgan fingerprint density at radius 1 is 1.25 bits per heavy atom. The molecule has 3 aliphatic carbocycles. The highest BCUT2D eigenvalue weighted by atomic mass is 16.4. The number of aryl methyl sites for hydroxylation is 1. The van der Waals surface area contributed by atoms with Crippen LogP contribution < -0.4 is 0 Å². The number of hydrogen-bond acceptors (Lipinski definition) is 1. The molecule has 3 fully saturated rings. The van der Waals surface area contributed by atoms with Crippen molar-refractivity contribution in [3.63, 3.8) is 0 Å². The van der Waals surface area contributed by atoms with Gasteiger partial charge in [-0.25, -0.2) is 0 Å². The summed E-state index contributed by atoms with van der Waals surface area (Å²) < 4.78 is 0. The fourth-order valence-corrected chi connectivity index (χ4v) is 3.41. The molecule has 3 aliphatic rings. The minimum Gasteiger partial charge on any atom is -0.481 e. The third kappa shape index (κ3) is 1.05. The molecule has 4 rings (SSSR count). The molecular formula is C14H16O2. The predicted octanol–water partition coefficient (Wildman–Crippen LogP) is 2.76. The minimum atomic E-state index is -0.598. The smallest absolute Gasteiger partial charge is 0.309 e. The third-order valence-corrected chi connectivity index (χ3v) is 4.46. The maximum atomic E-state index is 11.0. The van der Waals surface area contributed by atoms with Gasteiger partial charge in [-0.15, -0.1) is 0 Å². The summed E-state index contributed by atoms with van der Waals surface area (Å²) in [6, 6.07) is 8.71. The Kier molecular flexibility index (Phi) is 1.78. The van der Waals surface area contributed by atoms with Crippen molar-refractivity contribution in [2.75, 3.05) is 0 Å². The van der Waals surface area contributed by atoms with Crippen LogP contribution in [0.3, 0.4) is 0 Å². The van der Waals surface area contributed by atoms with E-state index in [4.69, 9.17) is 5.11 Å². The van der Waals surface area contributed by atoms with Crippen molar-refractivity contribution in [1.29, 1.82) is 0 Å². The monoisotopic (exact) mass is 216 g/mol. The number of carbonyl (C=O) groups is 1. The third-order valence-electron chi connectivity index (χ3n) is 4.46. The van der Waals surface area contributed by atoms with E-state index in [1.54, 1.807) is 0 Å². The summed E-state index contributed by atoms with van der Waals surface area (Å²) in [5.41, 5.74) is 2.55. The molecule has 1 aromatic rings. The van der Waals surface area contributed by atoms with E-state index in [-0.39, 0.29) is 10.8 Å². The van der Waals surface area contributed by atoms with E-state index < -0.39 is 5.97 Å². The summed E-state index contributed by atoms with van der Waals surface area (Å²) in [4.78, 5) is 11.0. The first-order valence-electron chi connectivity index (χ1n) is 5.93. The van der Waals surface area contributed by atoms with E-state index in [1.165, 1.54) is 11.1 Å². The molecule has 2 heteroatoms. The Bertz CT molecular complexity index is 425. The van der Waals surface area contributed by atoms with E-state index in [9.17, 15) is 4.79 Å². The molecule has 3 saturated carbocycles.